The van der Waals surface area contributed by atoms with Gasteiger partial charge in [0, 0.05) is 20.2 Å². The molecule has 82 valence electrons. The Morgan fingerprint density at radius 3 is 2.67 bits per heavy atom. The third kappa shape index (κ3) is 2.83. The minimum atomic E-state index is -0.171. The van der Waals surface area contributed by atoms with Crippen LogP contribution in [-0.4, -0.2) is 36.5 Å². The molecule has 0 fully saturated rings. The molecule has 4 nitrogen and oxygen atoms in total. The lowest BCUT2D eigenvalue weighted by atomic mass is 10.2. The molecular weight excluding hydrogens is 216 g/mol. The van der Waals surface area contributed by atoms with Gasteiger partial charge in [0.2, 0.25) is 5.88 Å². The molecule has 5 heteroatoms. The minimum Gasteiger partial charge on any atom is -0.478 e. The number of ether oxygens (including phenoxy) is 1. The number of carbonyl (C=O) groups excluding carboxylic acids is 1. The smallest absolute Gasteiger partial charge is 0.256 e. The van der Waals surface area contributed by atoms with Gasteiger partial charge in [0.25, 0.3) is 5.91 Å². The minimum absolute atomic E-state index is 0.166. The van der Waals surface area contributed by atoms with Crippen molar-refractivity contribution in [3.8, 4) is 5.88 Å². The van der Waals surface area contributed by atoms with E-state index in [1.165, 1.54) is 4.90 Å². The van der Waals surface area contributed by atoms with Gasteiger partial charge in [-0.05, 0) is 13.0 Å². The maximum absolute atomic E-state index is 11.6. The summed E-state index contributed by atoms with van der Waals surface area (Å²) in [5.41, 5.74) is 0.380. The van der Waals surface area contributed by atoms with Crippen LogP contribution in [0.2, 0.25) is 5.15 Å². The molecule has 15 heavy (non-hydrogen) atoms. The Kier molecular flexibility index (Phi) is 3.91. The van der Waals surface area contributed by atoms with Crippen LogP contribution in [0.1, 0.15) is 17.3 Å². The Bertz CT molecular complexity index is 366. The van der Waals surface area contributed by atoms with Crippen LogP contribution in [0.4, 0.5) is 0 Å². The number of halogens is 1. The summed E-state index contributed by atoms with van der Waals surface area (Å²) in [6, 6.07) is 3.24. The standard InChI is InChI=1S/C10H13ClN2O2/c1-4-15-8-6-5-7(9(11)12-8)10(14)13(2)3/h5-6H,4H2,1-3H3. The highest BCUT2D eigenvalue weighted by Gasteiger charge is 2.13. The molecule has 0 aliphatic carbocycles. The second-order valence-corrected chi connectivity index (χ2v) is 3.48. The summed E-state index contributed by atoms with van der Waals surface area (Å²) in [6.45, 7) is 2.37. The highest BCUT2D eigenvalue weighted by molar-refractivity contribution is 6.32. The first-order valence-electron chi connectivity index (χ1n) is 4.57. The molecule has 0 saturated carbocycles. The van der Waals surface area contributed by atoms with E-state index in [0.29, 0.717) is 18.1 Å². The van der Waals surface area contributed by atoms with Crippen LogP contribution in [0.15, 0.2) is 12.1 Å². The molecular formula is C10H13ClN2O2. The summed E-state index contributed by atoms with van der Waals surface area (Å²) in [5, 5.41) is 0.166. The Balaban J connectivity index is 2.97. The van der Waals surface area contributed by atoms with Gasteiger partial charge in [-0.15, -0.1) is 0 Å². The zero-order valence-corrected chi connectivity index (χ0v) is 9.71. The van der Waals surface area contributed by atoms with Crippen LogP contribution in [0.25, 0.3) is 0 Å². The molecule has 1 aromatic heterocycles. The molecule has 1 aromatic rings. The first kappa shape index (κ1) is 11.8. The third-order valence-corrected chi connectivity index (χ3v) is 2.04. The number of aromatic nitrogens is 1. The third-order valence-electron chi connectivity index (χ3n) is 1.75. The van der Waals surface area contributed by atoms with Gasteiger partial charge in [0.15, 0.2) is 0 Å². The highest BCUT2D eigenvalue weighted by atomic mass is 35.5. The van der Waals surface area contributed by atoms with Gasteiger partial charge >= 0.3 is 0 Å². The van der Waals surface area contributed by atoms with Gasteiger partial charge < -0.3 is 9.64 Å². The van der Waals surface area contributed by atoms with Crippen molar-refractivity contribution in [2.24, 2.45) is 0 Å². The van der Waals surface area contributed by atoms with E-state index >= 15 is 0 Å². The molecule has 0 N–H and O–H groups in total. The van der Waals surface area contributed by atoms with Crippen molar-refractivity contribution in [2.75, 3.05) is 20.7 Å². The van der Waals surface area contributed by atoms with Crippen molar-refractivity contribution in [2.45, 2.75) is 6.92 Å². The van der Waals surface area contributed by atoms with Crippen LogP contribution in [0, 0.1) is 0 Å². The zero-order chi connectivity index (χ0) is 11.4. The van der Waals surface area contributed by atoms with Crippen LogP contribution < -0.4 is 4.74 Å². The molecule has 0 bridgehead atoms. The number of rotatable bonds is 3. The summed E-state index contributed by atoms with van der Waals surface area (Å²) in [4.78, 5) is 17.0. The topological polar surface area (TPSA) is 42.4 Å². The quantitative estimate of drug-likeness (QED) is 0.742. The SMILES string of the molecule is CCOc1ccc(C(=O)N(C)C)c(Cl)n1. The van der Waals surface area contributed by atoms with Crippen molar-refractivity contribution >= 4 is 17.5 Å². The summed E-state index contributed by atoms with van der Waals surface area (Å²) < 4.78 is 5.16. The summed E-state index contributed by atoms with van der Waals surface area (Å²) in [6.07, 6.45) is 0. The molecule has 0 atom stereocenters. The lowest BCUT2D eigenvalue weighted by molar-refractivity contribution is 0.0827. The van der Waals surface area contributed by atoms with Gasteiger partial charge in [-0.3, -0.25) is 4.79 Å². The molecule has 0 aliphatic rings. The van der Waals surface area contributed by atoms with Gasteiger partial charge in [-0.1, -0.05) is 11.6 Å². The predicted molar refractivity (Wildman–Crippen MR) is 58.4 cm³/mol. The number of nitrogens with zero attached hydrogens (tertiary/aromatic N) is 2. The van der Waals surface area contributed by atoms with E-state index in [9.17, 15) is 4.79 Å². The maximum atomic E-state index is 11.6. The maximum Gasteiger partial charge on any atom is 0.256 e. The van der Waals surface area contributed by atoms with Crippen molar-refractivity contribution in [3.63, 3.8) is 0 Å². The molecule has 0 aromatic carbocycles. The first-order chi connectivity index (χ1) is 7.06. The Morgan fingerprint density at radius 2 is 2.20 bits per heavy atom. The Labute approximate surface area is 93.8 Å². The van der Waals surface area contributed by atoms with E-state index < -0.39 is 0 Å². The van der Waals surface area contributed by atoms with Crippen LogP contribution in [0.3, 0.4) is 0 Å². The first-order valence-corrected chi connectivity index (χ1v) is 4.95. The number of hydrogen-bond donors (Lipinski definition) is 0. The predicted octanol–water partition coefficient (Wildman–Crippen LogP) is 1.84. The molecule has 1 heterocycles. The fourth-order valence-corrected chi connectivity index (χ4v) is 1.27. The van der Waals surface area contributed by atoms with E-state index in [4.69, 9.17) is 16.3 Å². The normalized spacial score (nSPS) is 9.87. The highest BCUT2D eigenvalue weighted by Crippen LogP contribution is 2.18. The number of amides is 1. The molecule has 1 amide bonds. The molecule has 0 spiro atoms. The molecule has 0 unspecified atom stereocenters. The summed E-state index contributed by atoms with van der Waals surface area (Å²) >= 11 is 5.87. The van der Waals surface area contributed by atoms with Crippen LogP contribution in [0.5, 0.6) is 5.88 Å². The summed E-state index contributed by atoms with van der Waals surface area (Å²) in [7, 11) is 3.32. The lowest BCUT2D eigenvalue weighted by Crippen LogP contribution is -2.22. The molecule has 1 rings (SSSR count). The van der Waals surface area contributed by atoms with E-state index in [2.05, 4.69) is 4.98 Å². The second kappa shape index (κ2) is 4.98. The van der Waals surface area contributed by atoms with Crippen molar-refractivity contribution in [1.29, 1.82) is 0 Å². The largest absolute Gasteiger partial charge is 0.478 e. The lowest BCUT2D eigenvalue weighted by Gasteiger charge is -2.11. The Hall–Kier alpha value is -1.29. The fraction of sp³-hybridized carbons (Fsp3) is 0.400. The van der Waals surface area contributed by atoms with Gasteiger partial charge in [-0.2, -0.15) is 0 Å². The van der Waals surface area contributed by atoms with Crippen LogP contribution >= 0.6 is 11.6 Å². The monoisotopic (exact) mass is 228 g/mol. The average molecular weight is 229 g/mol. The Morgan fingerprint density at radius 1 is 1.53 bits per heavy atom. The second-order valence-electron chi connectivity index (χ2n) is 3.12. The average Bonchev–Trinajstić information content (AvgIpc) is 2.17. The van der Waals surface area contributed by atoms with Crippen molar-refractivity contribution in [1.82, 2.24) is 9.88 Å². The van der Waals surface area contributed by atoms with Gasteiger partial charge in [-0.25, -0.2) is 4.98 Å². The summed E-state index contributed by atoms with van der Waals surface area (Å²) in [5.74, 6) is 0.258. The van der Waals surface area contributed by atoms with Crippen molar-refractivity contribution < 1.29 is 9.53 Å². The van der Waals surface area contributed by atoms with E-state index in [1.807, 2.05) is 6.92 Å². The molecule has 0 radical (unpaired) electrons. The van der Waals surface area contributed by atoms with Crippen LogP contribution in [-0.2, 0) is 0 Å². The van der Waals surface area contributed by atoms with E-state index in [0.717, 1.165) is 0 Å². The van der Waals surface area contributed by atoms with Crippen molar-refractivity contribution in [3.05, 3.63) is 22.8 Å². The van der Waals surface area contributed by atoms with Gasteiger partial charge in [0.1, 0.15) is 5.15 Å². The number of hydrogen-bond acceptors (Lipinski definition) is 3. The zero-order valence-electron chi connectivity index (χ0n) is 8.95. The molecule has 0 saturated heterocycles. The number of pyridine rings is 1. The number of carbonyl (C=O) groups is 1. The van der Waals surface area contributed by atoms with Gasteiger partial charge in [0.05, 0.1) is 12.2 Å². The van der Waals surface area contributed by atoms with E-state index in [1.54, 1.807) is 26.2 Å². The van der Waals surface area contributed by atoms with E-state index in [-0.39, 0.29) is 11.1 Å². The molecule has 0 aliphatic heterocycles. The fourth-order valence-electron chi connectivity index (χ4n) is 1.05.